The quantitative estimate of drug-likeness (QED) is 0.646. The van der Waals surface area contributed by atoms with E-state index in [0.717, 1.165) is 11.4 Å². The molecule has 0 unspecified atom stereocenters. The van der Waals surface area contributed by atoms with Crippen molar-refractivity contribution in [3.05, 3.63) is 24.0 Å². The minimum Gasteiger partial charge on any atom is -0.491 e. The molecule has 1 heterocycles. The maximum Gasteiger partial charge on any atom is 0.123 e. The molecule has 1 aromatic heterocycles. The number of nitrogens with zero attached hydrogens (tertiary/aromatic N) is 1. The predicted molar refractivity (Wildman–Crippen MR) is 44.7 cm³/mol. The molecule has 60 valence electrons. The van der Waals surface area contributed by atoms with Gasteiger partial charge in [-0.15, -0.1) is 0 Å². The van der Waals surface area contributed by atoms with Crippen molar-refractivity contribution in [1.29, 1.82) is 0 Å². The Labute approximate surface area is 67.2 Å². The molecule has 2 nitrogen and oxygen atoms in total. The standard InChI is InChI=1S/C9H13NO/c1-7(2)11-9-4-5-10-8(3)6-9/h4-7H,1-3H3. The lowest BCUT2D eigenvalue weighted by molar-refractivity contribution is 0.242. The van der Waals surface area contributed by atoms with Crippen LogP contribution in [0.15, 0.2) is 18.3 Å². The van der Waals surface area contributed by atoms with E-state index in [1.807, 2.05) is 32.9 Å². The summed E-state index contributed by atoms with van der Waals surface area (Å²) in [6, 6.07) is 3.80. The maximum absolute atomic E-state index is 5.46. The molecule has 1 rings (SSSR count). The van der Waals surface area contributed by atoms with Crippen molar-refractivity contribution < 1.29 is 4.74 Å². The first-order chi connectivity index (χ1) is 5.18. The Morgan fingerprint density at radius 2 is 2.18 bits per heavy atom. The second-order valence-corrected chi connectivity index (χ2v) is 2.80. The minimum absolute atomic E-state index is 0.233. The Balaban J connectivity index is 2.71. The number of pyridine rings is 1. The van der Waals surface area contributed by atoms with Gasteiger partial charge in [0.05, 0.1) is 6.10 Å². The predicted octanol–water partition coefficient (Wildman–Crippen LogP) is 2.18. The molecular formula is C9H13NO. The van der Waals surface area contributed by atoms with E-state index < -0.39 is 0 Å². The van der Waals surface area contributed by atoms with E-state index in [0.29, 0.717) is 0 Å². The van der Waals surface area contributed by atoms with Crippen molar-refractivity contribution in [2.24, 2.45) is 0 Å². The number of rotatable bonds is 2. The molecule has 2 heteroatoms. The van der Waals surface area contributed by atoms with E-state index in [1.54, 1.807) is 6.20 Å². The fraction of sp³-hybridized carbons (Fsp3) is 0.444. The highest BCUT2D eigenvalue weighted by Gasteiger charge is 1.96. The van der Waals surface area contributed by atoms with Gasteiger partial charge in [0.1, 0.15) is 5.75 Å². The van der Waals surface area contributed by atoms with Gasteiger partial charge in [0, 0.05) is 18.0 Å². The van der Waals surface area contributed by atoms with Crippen LogP contribution in [0.5, 0.6) is 5.75 Å². The van der Waals surface area contributed by atoms with Crippen LogP contribution in [0.3, 0.4) is 0 Å². The van der Waals surface area contributed by atoms with Crippen molar-refractivity contribution in [2.45, 2.75) is 26.9 Å². The Morgan fingerprint density at radius 1 is 1.45 bits per heavy atom. The molecule has 0 spiro atoms. The van der Waals surface area contributed by atoms with Gasteiger partial charge < -0.3 is 4.74 Å². The molecule has 0 saturated heterocycles. The lowest BCUT2D eigenvalue weighted by Crippen LogP contribution is -2.05. The first-order valence-electron chi connectivity index (χ1n) is 3.78. The van der Waals surface area contributed by atoms with Gasteiger partial charge in [0.25, 0.3) is 0 Å². The average molecular weight is 151 g/mol. The normalized spacial score (nSPS) is 10.2. The van der Waals surface area contributed by atoms with Gasteiger partial charge in [0.15, 0.2) is 0 Å². The minimum atomic E-state index is 0.233. The van der Waals surface area contributed by atoms with E-state index >= 15 is 0 Å². The number of hydrogen-bond donors (Lipinski definition) is 0. The summed E-state index contributed by atoms with van der Waals surface area (Å²) in [5, 5.41) is 0. The molecule has 0 radical (unpaired) electrons. The Kier molecular flexibility index (Phi) is 2.47. The molecular weight excluding hydrogens is 138 g/mol. The molecule has 0 saturated carbocycles. The summed E-state index contributed by atoms with van der Waals surface area (Å²) in [7, 11) is 0. The van der Waals surface area contributed by atoms with Crippen LogP contribution in [0, 0.1) is 6.92 Å². The largest absolute Gasteiger partial charge is 0.491 e. The Bertz CT molecular complexity index is 233. The first-order valence-corrected chi connectivity index (χ1v) is 3.78. The SMILES string of the molecule is Cc1cc(OC(C)C)ccn1. The maximum atomic E-state index is 5.46. The molecule has 0 aliphatic carbocycles. The summed E-state index contributed by atoms with van der Waals surface area (Å²) < 4.78 is 5.46. The summed E-state index contributed by atoms with van der Waals surface area (Å²) in [5.74, 6) is 0.896. The van der Waals surface area contributed by atoms with Crippen LogP contribution >= 0.6 is 0 Å². The van der Waals surface area contributed by atoms with Gasteiger partial charge >= 0.3 is 0 Å². The highest BCUT2D eigenvalue weighted by atomic mass is 16.5. The summed E-state index contributed by atoms with van der Waals surface area (Å²) in [6.45, 7) is 5.97. The number of aryl methyl sites for hydroxylation is 1. The van der Waals surface area contributed by atoms with Gasteiger partial charge in [-0.3, -0.25) is 4.98 Å². The summed E-state index contributed by atoms with van der Waals surface area (Å²) >= 11 is 0. The van der Waals surface area contributed by atoms with Crippen molar-refractivity contribution in [3.8, 4) is 5.75 Å². The number of hydrogen-bond acceptors (Lipinski definition) is 2. The monoisotopic (exact) mass is 151 g/mol. The van der Waals surface area contributed by atoms with E-state index in [2.05, 4.69) is 4.98 Å². The van der Waals surface area contributed by atoms with Crippen LogP contribution in [0.1, 0.15) is 19.5 Å². The average Bonchev–Trinajstić information content (AvgIpc) is 1.85. The lowest BCUT2D eigenvalue weighted by atomic mass is 10.3. The topological polar surface area (TPSA) is 22.1 Å². The van der Waals surface area contributed by atoms with E-state index in [-0.39, 0.29) is 6.10 Å². The van der Waals surface area contributed by atoms with Gasteiger partial charge in [-0.05, 0) is 26.8 Å². The molecule has 0 atom stereocenters. The zero-order valence-electron chi connectivity index (χ0n) is 7.16. The Morgan fingerprint density at radius 3 is 2.73 bits per heavy atom. The third kappa shape index (κ3) is 2.58. The fourth-order valence-corrected chi connectivity index (χ4v) is 0.865. The van der Waals surface area contributed by atoms with E-state index in [9.17, 15) is 0 Å². The summed E-state index contributed by atoms with van der Waals surface area (Å²) in [4.78, 5) is 4.07. The van der Waals surface area contributed by atoms with Gasteiger partial charge in [0.2, 0.25) is 0 Å². The third-order valence-electron chi connectivity index (χ3n) is 1.24. The molecule has 0 bridgehead atoms. The third-order valence-corrected chi connectivity index (χ3v) is 1.24. The van der Waals surface area contributed by atoms with E-state index in [4.69, 9.17) is 4.74 Å². The number of aromatic nitrogens is 1. The first kappa shape index (κ1) is 8.05. The Hall–Kier alpha value is -1.05. The van der Waals surface area contributed by atoms with Crippen LogP contribution < -0.4 is 4.74 Å². The molecule has 0 N–H and O–H groups in total. The second-order valence-electron chi connectivity index (χ2n) is 2.80. The number of ether oxygens (including phenoxy) is 1. The van der Waals surface area contributed by atoms with Crippen LogP contribution in [-0.2, 0) is 0 Å². The zero-order valence-corrected chi connectivity index (χ0v) is 7.16. The van der Waals surface area contributed by atoms with Crippen LogP contribution in [0.25, 0.3) is 0 Å². The van der Waals surface area contributed by atoms with Crippen molar-refractivity contribution in [3.63, 3.8) is 0 Å². The highest BCUT2D eigenvalue weighted by molar-refractivity contribution is 5.21. The summed E-state index contributed by atoms with van der Waals surface area (Å²) in [6.07, 6.45) is 1.99. The van der Waals surface area contributed by atoms with Gasteiger partial charge in [-0.2, -0.15) is 0 Å². The second kappa shape index (κ2) is 3.37. The molecule has 0 fully saturated rings. The fourth-order valence-electron chi connectivity index (χ4n) is 0.865. The molecule has 1 aromatic rings. The van der Waals surface area contributed by atoms with E-state index in [1.165, 1.54) is 0 Å². The molecule has 0 aromatic carbocycles. The van der Waals surface area contributed by atoms with Crippen LogP contribution in [0.4, 0.5) is 0 Å². The van der Waals surface area contributed by atoms with Crippen LogP contribution in [0.2, 0.25) is 0 Å². The molecule has 0 aliphatic heterocycles. The zero-order chi connectivity index (χ0) is 8.27. The molecule has 0 amide bonds. The van der Waals surface area contributed by atoms with Gasteiger partial charge in [-0.25, -0.2) is 0 Å². The van der Waals surface area contributed by atoms with Crippen molar-refractivity contribution >= 4 is 0 Å². The molecule has 11 heavy (non-hydrogen) atoms. The highest BCUT2D eigenvalue weighted by Crippen LogP contribution is 2.11. The van der Waals surface area contributed by atoms with Crippen molar-refractivity contribution in [1.82, 2.24) is 4.98 Å². The molecule has 0 aliphatic rings. The lowest BCUT2D eigenvalue weighted by Gasteiger charge is -2.08. The summed E-state index contributed by atoms with van der Waals surface area (Å²) in [5.41, 5.74) is 0.989. The smallest absolute Gasteiger partial charge is 0.123 e. The van der Waals surface area contributed by atoms with Gasteiger partial charge in [-0.1, -0.05) is 0 Å². The van der Waals surface area contributed by atoms with Crippen LogP contribution in [-0.4, -0.2) is 11.1 Å². The van der Waals surface area contributed by atoms with Crippen molar-refractivity contribution in [2.75, 3.05) is 0 Å².